The Morgan fingerprint density at radius 2 is 1.62 bits per heavy atom. The third kappa shape index (κ3) is 4.58. The topological polar surface area (TPSA) is 67.4 Å². The second-order valence-corrected chi connectivity index (χ2v) is 6.45. The summed E-state index contributed by atoms with van der Waals surface area (Å²) >= 11 is 3.33. The molecule has 0 aliphatic rings. The zero-order chi connectivity index (χ0) is 17.7. The van der Waals surface area contributed by atoms with E-state index in [1.54, 1.807) is 30.3 Å². The van der Waals surface area contributed by atoms with Crippen LogP contribution in [0, 0.1) is 6.92 Å². The number of benzene rings is 2. The second-order valence-electron chi connectivity index (χ2n) is 5.53. The van der Waals surface area contributed by atoms with Gasteiger partial charge in [0.05, 0.1) is 11.7 Å². The van der Waals surface area contributed by atoms with Gasteiger partial charge in [-0.25, -0.2) is 0 Å². The number of ether oxygens (including phenoxy) is 1. The van der Waals surface area contributed by atoms with Crippen LogP contribution in [0.4, 0.5) is 0 Å². The fraction of sp³-hybridized carbons (Fsp3) is 0.222. The quantitative estimate of drug-likeness (QED) is 0.783. The lowest BCUT2D eigenvalue weighted by molar-refractivity contribution is 0.0843. The van der Waals surface area contributed by atoms with E-state index in [0.29, 0.717) is 16.9 Å². The van der Waals surface area contributed by atoms with Crippen LogP contribution in [0.2, 0.25) is 0 Å². The monoisotopic (exact) mass is 390 g/mol. The Morgan fingerprint density at radius 1 is 1.00 bits per heavy atom. The first-order valence-corrected chi connectivity index (χ1v) is 8.30. The molecule has 2 N–H and O–H groups in total. The standard InChI is InChI=1S/C18H19BrN2O3/c1-11(2)24-16-9-8-13(19)10-15(16)18(23)21-20-17(22)14-7-5-4-6-12(14)3/h4-11H,1-3H3,(H,20,22)(H,21,23). The van der Waals surface area contributed by atoms with Crippen molar-refractivity contribution in [1.82, 2.24) is 10.9 Å². The molecule has 0 unspecified atom stereocenters. The molecule has 0 saturated carbocycles. The molecule has 126 valence electrons. The van der Waals surface area contributed by atoms with E-state index >= 15 is 0 Å². The van der Waals surface area contributed by atoms with Gasteiger partial charge in [0.25, 0.3) is 11.8 Å². The third-order valence-corrected chi connectivity index (χ3v) is 3.72. The van der Waals surface area contributed by atoms with Crippen LogP contribution in [-0.4, -0.2) is 17.9 Å². The van der Waals surface area contributed by atoms with E-state index < -0.39 is 5.91 Å². The summed E-state index contributed by atoms with van der Waals surface area (Å²) in [7, 11) is 0. The number of carbonyl (C=O) groups excluding carboxylic acids is 2. The summed E-state index contributed by atoms with van der Waals surface area (Å²) < 4.78 is 6.38. The minimum Gasteiger partial charge on any atom is -0.490 e. The van der Waals surface area contributed by atoms with Crippen molar-refractivity contribution in [2.75, 3.05) is 0 Å². The lowest BCUT2D eigenvalue weighted by Gasteiger charge is -2.15. The molecule has 24 heavy (non-hydrogen) atoms. The molecule has 0 aliphatic heterocycles. The molecule has 0 bridgehead atoms. The van der Waals surface area contributed by atoms with E-state index in [0.717, 1.165) is 10.0 Å². The average molecular weight is 391 g/mol. The van der Waals surface area contributed by atoms with Gasteiger partial charge in [0.2, 0.25) is 0 Å². The summed E-state index contributed by atoms with van der Waals surface area (Å²) in [6, 6.07) is 12.3. The van der Waals surface area contributed by atoms with E-state index in [2.05, 4.69) is 26.8 Å². The van der Waals surface area contributed by atoms with Gasteiger partial charge >= 0.3 is 0 Å². The number of hydrogen-bond acceptors (Lipinski definition) is 3. The summed E-state index contributed by atoms with van der Waals surface area (Å²) in [5.41, 5.74) is 6.53. The van der Waals surface area contributed by atoms with Crippen molar-refractivity contribution in [3.05, 3.63) is 63.6 Å². The highest BCUT2D eigenvalue weighted by Crippen LogP contribution is 2.24. The van der Waals surface area contributed by atoms with Gasteiger partial charge in [-0.15, -0.1) is 0 Å². The molecule has 0 heterocycles. The summed E-state index contributed by atoms with van der Waals surface area (Å²) in [5, 5.41) is 0. The lowest BCUT2D eigenvalue weighted by Crippen LogP contribution is -2.42. The van der Waals surface area contributed by atoms with Gasteiger partial charge in [-0.2, -0.15) is 0 Å². The maximum atomic E-state index is 12.4. The number of amides is 2. The van der Waals surface area contributed by atoms with Crippen LogP contribution in [0.3, 0.4) is 0 Å². The van der Waals surface area contributed by atoms with E-state index in [9.17, 15) is 9.59 Å². The van der Waals surface area contributed by atoms with Crippen LogP contribution in [0.1, 0.15) is 40.1 Å². The van der Waals surface area contributed by atoms with Crippen LogP contribution in [-0.2, 0) is 0 Å². The number of aryl methyl sites for hydroxylation is 1. The Balaban J connectivity index is 2.11. The van der Waals surface area contributed by atoms with Gasteiger partial charge in [0.15, 0.2) is 0 Å². The highest BCUT2D eigenvalue weighted by atomic mass is 79.9. The van der Waals surface area contributed by atoms with Crippen LogP contribution in [0.25, 0.3) is 0 Å². The minimum absolute atomic E-state index is 0.0701. The molecule has 0 spiro atoms. The Hall–Kier alpha value is -2.34. The molecule has 0 fully saturated rings. The zero-order valence-corrected chi connectivity index (χ0v) is 15.3. The fourth-order valence-electron chi connectivity index (χ4n) is 2.11. The smallest absolute Gasteiger partial charge is 0.273 e. The fourth-order valence-corrected chi connectivity index (χ4v) is 2.47. The van der Waals surface area contributed by atoms with Gasteiger partial charge in [-0.05, 0) is 50.6 Å². The first-order chi connectivity index (χ1) is 11.4. The largest absolute Gasteiger partial charge is 0.490 e. The predicted molar refractivity (Wildman–Crippen MR) is 96.0 cm³/mol. The molecule has 2 aromatic rings. The van der Waals surface area contributed by atoms with Crippen LogP contribution in [0.15, 0.2) is 46.9 Å². The van der Waals surface area contributed by atoms with E-state index in [1.165, 1.54) is 0 Å². The molecule has 2 aromatic carbocycles. The van der Waals surface area contributed by atoms with Gasteiger partial charge in [-0.3, -0.25) is 20.4 Å². The normalized spacial score (nSPS) is 10.4. The van der Waals surface area contributed by atoms with Crippen molar-refractivity contribution in [2.24, 2.45) is 0 Å². The number of carbonyl (C=O) groups is 2. The highest BCUT2D eigenvalue weighted by Gasteiger charge is 2.16. The number of hydrazine groups is 1. The van der Waals surface area contributed by atoms with Crippen molar-refractivity contribution < 1.29 is 14.3 Å². The van der Waals surface area contributed by atoms with E-state index in [-0.39, 0.29) is 12.0 Å². The Labute approximate surface area is 149 Å². The molecular formula is C18H19BrN2O3. The number of nitrogens with one attached hydrogen (secondary N) is 2. The van der Waals surface area contributed by atoms with Crippen molar-refractivity contribution in [1.29, 1.82) is 0 Å². The molecule has 6 heteroatoms. The maximum Gasteiger partial charge on any atom is 0.273 e. The van der Waals surface area contributed by atoms with Crippen molar-refractivity contribution >= 4 is 27.7 Å². The van der Waals surface area contributed by atoms with Gasteiger partial charge in [0.1, 0.15) is 5.75 Å². The van der Waals surface area contributed by atoms with E-state index in [4.69, 9.17) is 4.74 Å². The Morgan fingerprint density at radius 3 is 2.25 bits per heavy atom. The molecule has 0 saturated heterocycles. The molecule has 2 rings (SSSR count). The Bertz CT molecular complexity index is 760. The van der Waals surface area contributed by atoms with Crippen molar-refractivity contribution in [2.45, 2.75) is 26.9 Å². The SMILES string of the molecule is Cc1ccccc1C(=O)NNC(=O)c1cc(Br)ccc1OC(C)C. The first kappa shape index (κ1) is 18.0. The number of hydrogen-bond donors (Lipinski definition) is 2. The molecule has 5 nitrogen and oxygen atoms in total. The molecule has 0 atom stereocenters. The molecule has 0 aliphatic carbocycles. The summed E-state index contributed by atoms with van der Waals surface area (Å²) in [5.74, 6) is -0.368. The first-order valence-electron chi connectivity index (χ1n) is 7.51. The van der Waals surface area contributed by atoms with Crippen LogP contribution in [0.5, 0.6) is 5.75 Å². The van der Waals surface area contributed by atoms with Crippen molar-refractivity contribution in [3.8, 4) is 5.75 Å². The lowest BCUT2D eigenvalue weighted by atomic mass is 10.1. The summed E-state index contributed by atoms with van der Waals surface area (Å²) in [4.78, 5) is 24.6. The molecular weight excluding hydrogens is 372 g/mol. The molecule has 0 radical (unpaired) electrons. The number of halogens is 1. The van der Waals surface area contributed by atoms with Gasteiger partial charge in [0, 0.05) is 10.0 Å². The third-order valence-electron chi connectivity index (χ3n) is 3.23. The van der Waals surface area contributed by atoms with Gasteiger partial charge in [-0.1, -0.05) is 34.1 Å². The van der Waals surface area contributed by atoms with Crippen LogP contribution >= 0.6 is 15.9 Å². The second kappa shape index (κ2) is 7.97. The highest BCUT2D eigenvalue weighted by molar-refractivity contribution is 9.10. The summed E-state index contributed by atoms with van der Waals surface area (Å²) in [6.45, 7) is 5.59. The average Bonchev–Trinajstić information content (AvgIpc) is 2.54. The zero-order valence-electron chi connectivity index (χ0n) is 13.7. The Kier molecular flexibility index (Phi) is 5.98. The van der Waals surface area contributed by atoms with E-state index in [1.807, 2.05) is 32.9 Å². The van der Waals surface area contributed by atoms with Crippen LogP contribution < -0.4 is 15.6 Å². The molecule has 0 aromatic heterocycles. The molecule has 2 amide bonds. The summed E-state index contributed by atoms with van der Waals surface area (Å²) in [6.07, 6.45) is -0.0701. The van der Waals surface area contributed by atoms with Crippen molar-refractivity contribution in [3.63, 3.8) is 0 Å². The van der Waals surface area contributed by atoms with Gasteiger partial charge < -0.3 is 4.74 Å². The number of rotatable bonds is 4. The maximum absolute atomic E-state index is 12.4. The predicted octanol–water partition coefficient (Wildman–Crippen LogP) is 3.62. The minimum atomic E-state index is -0.450.